The molecule has 0 radical (unpaired) electrons. The maximum Gasteiger partial charge on any atom is 0.220 e. The van der Waals surface area contributed by atoms with E-state index in [-0.39, 0.29) is 5.91 Å². The van der Waals surface area contributed by atoms with Crippen molar-refractivity contribution in [3.05, 3.63) is 0 Å². The van der Waals surface area contributed by atoms with Gasteiger partial charge in [0.25, 0.3) is 0 Å². The molecule has 0 saturated carbocycles. The molecule has 4 heteroatoms. The van der Waals surface area contributed by atoms with Crippen molar-refractivity contribution in [1.82, 2.24) is 10.6 Å². The molecule has 0 aliphatic carbocycles. The van der Waals surface area contributed by atoms with Gasteiger partial charge in [0, 0.05) is 26.7 Å². The fourth-order valence-corrected chi connectivity index (χ4v) is 2.00. The van der Waals surface area contributed by atoms with E-state index in [0.29, 0.717) is 12.3 Å². The number of carbonyl (C=O) groups is 1. The van der Waals surface area contributed by atoms with Gasteiger partial charge < -0.3 is 15.4 Å². The van der Waals surface area contributed by atoms with Crippen LogP contribution in [0.2, 0.25) is 0 Å². The van der Waals surface area contributed by atoms with E-state index in [2.05, 4.69) is 10.6 Å². The molecule has 1 fully saturated rings. The SMILES string of the molecule is COCCCCCNC(=O)CC1CCNC1. The third-order valence-corrected chi connectivity index (χ3v) is 2.98. The van der Waals surface area contributed by atoms with Crippen LogP contribution in [-0.2, 0) is 9.53 Å². The lowest BCUT2D eigenvalue weighted by Crippen LogP contribution is -2.27. The zero-order chi connectivity index (χ0) is 11.6. The fourth-order valence-electron chi connectivity index (χ4n) is 2.00. The molecule has 0 aromatic rings. The normalized spacial score (nSPS) is 19.9. The molecule has 0 bridgehead atoms. The Morgan fingerprint density at radius 1 is 1.44 bits per heavy atom. The van der Waals surface area contributed by atoms with Crippen molar-refractivity contribution in [2.24, 2.45) is 5.92 Å². The maximum absolute atomic E-state index is 11.5. The van der Waals surface area contributed by atoms with Crippen molar-refractivity contribution < 1.29 is 9.53 Å². The van der Waals surface area contributed by atoms with E-state index in [9.17, 15) is 4.79 Å². The lowest BCUT2D eigenvalue weighted by molar-refractivity contribution is -0.121. The van der Waals surface area contributed by atoms with Crippen molar-refractivity contribution in [2.75, 3.05) is 33.4 Å². The molecule has 0 aromatic heterocycles. The van der Waals surface area contributed by atoms with E-state index in [0.717, 1.165) is 51.9 Å². The first-order chi connectivity index (χ1) is 7.83. The number of methoxy groups -OCH3 is 1. The summed E-state index contributed by atoms with van der Waals surface area (Å²) in [4.78, 5) is 11.5. The minimum Gasteiger partial charge on any atom is -0.385 e. The predicted octanol–water partition coefficient (Wildman–Crippen LogP) is 0.919. The second-order valence-electron chi connectivity index (χ2n) is 4.47. The summed E-state index contributed by atoms with van der Waals surface area (Å²) in [7, 11) is 1.72. The van der Waals surface area contributed by atoms with Gasteiger partial charge in [-0.15, -0.1) is 0 Å². The largest absolute Gasteiger partial charge is 0.385 e. The molecule has 1 heterocycles. The summed E-state index contributed by atoms with van der Waals surface area (Å²) >= 11 is 0. The first-order valence-electron chi connectivity index (χ1n) is 6.29. The second-order valence-corrected chi connectivity index (χ2v) is 4.47. The van der Waals surface area contributed by atoms with Crippen LogP contribution in [0, 0.1) is 5.92 Å². The highest BCUT2D eigenvalue weighted by Crippen LogP contribution is 2.11. The van der Waals surface area contributed by atoms with E-state index >= 15 is 0 Å². The van der Waals surface area contributed by atoms with Crippen LogP contribution in [-0.4, -0.2) is 39.3 Å². The summed E-state index contributed by atoms with van der Waals surface area (Å²) < 4.78 is 4.96. The number of carbonyl (C=O) groups excluding carboxylic acids is 1. The van der Waals surface area contributed by atoms with Crippen LogP contribution in [0.4, 0.5) is 0 Å². The zero-order valence-corrected chi connectivity index (χ0v) is 10.3. The van der Waals surface area contributed by atoms with E-state index in [1.807, 2.05) is 0 Å². The fraction of sp³-hybridized carbons (Fsp3) is 0.917. The molecule has 1 unspecified atom stereocenters. The van der Waals surface area contributed by atoms with E-state index in [1.165, 1.54) is 0 Å². The minimum absolute atomic E-state index is 0.209. The number of nitrogens with one attached hydrogen (secondary N) is 2. The van der Waals surface area contributed by atoms with Gasteiger partial charge in [-0.25, -0.2) is 0 Å². The number of rotatable bonds is 8. The lowest BCUT2D eigenvalue weighted by Gasteiger charge is -2.08. The Balaban J connectivity index is 1.89. The highest BCUT2D eigenvalue weighted by molar-refractivity contribution is 5.76. The highest BCUT2D eigenvalue weighted by Gasteiger charge is 2.17. The third kappa shape index (κ3) is 6.08. The standard InChI is InChI=1S/C12H24N2O2/c1-16-8-4-2-3-6-14-12(15)9-11-5-7-13-10-11/h11,13H,2-10H2,1H3,(H,14,15). The molecule has 1 amide bonds. The molecule has 0 aromatic carbocycles. The van der Waals surface area contributed by atoms with Crippen LogP contribution >= 0.6 is 0 Å². The quantitative estimate of drug-likeness (QED) is 0.607. The van der Waals surface area contributed by atoms with Gasteiger partial charge in [0.1, 0.15) is 0 Å². The van der Waals surface area contributed by atoms with Gasteiger partial charge in [-0.1, -0.05) is 0 Å². The monoisotopic (exact) mass is 228 g/mol. The van der Waals surface area contributed by atoms with Crippen molar-refractivity contribution in [1.29, 1.82) is 0 Å². The summed E-state index contributed by atoms with van der Waals surface area (Å²) in [6.45, 7) is 3.70. The molecule has 1 saturated heterocycles. The van der Waals surface area contributed by atoms with Gasteiger partial charge in [0.05, 0.1) is 0 Å². The predicted molar refractivity (Wildman–Crippen MR) is 64.3 cm³/mol. The second kappa shape index (κ2) is 8.53. The Hall–Kier alpha value is -0.610. The lowest BCUT2D eigenvalue weighted by atomic mass is 10.0. The number of ether oxygens (including phenoxy) is 1. The Kier molecular flexibility index (Phi) is 7.17. The molecule has 94 valence electrons. The molecule has 1 aliphatic heterocycles. The molecule has 16 heavy (non-hydrogen) atoms. The van der Waals surface area contributed by atoms with Crippen LogP contribution in [0.1, 0.15) is 32.1 Å². The van der Waals surface area contributed by atoms with Gasteiger partial charge in [0.2, 0.25) is 5.91 Å². The van der Waals surface area contributed by atoms with E-state index in [4.69, 9.17) is 4.74 Å². The molecule has 0 spiro atoms. The topological polar surface area (TPSA) is 50.4 Å². The summed E-state index contributed by atoms with van der Waals surface area (Å²) in [6, 6.07) is 0. The summed E-state index contributed by atoms with van der Waals surface area (Å²) in [5.41, 5.74) is 0. The third-order valence-electron chi connectivity index (χ3n) is 2.98. The Morgan fingerprint density at radius 3 is 3.00 bits per heavy atom. The first-order valence-corrected chi connectivity index (χ1v) is 6.29. The van der Waals surface area contributed by atoms with Crippen LogP contribution < -0.4 is 10.6 Å². The molecular weight excluding hydrogens is 204 g/mol. The number of hydrogen-bond acceptors (Lipinski definition) is 3. The van der Waals surface area contributed by atoms with Crippen LogP contribution in [0.3, 0.4) is 0 Å². The molecule has 2 N–H and O–H groups in total. The Morgan fingerprint density at radius 2 is 2.31 bits per heavy atom. The number of amides is 1. The van der Waals surface area contributed by atoms with Crippen LogP contribution in [0.15, 0.2) is 0 Å². The van der Waals surface area contributed by atoms with Gasteiger partial charge in [0.15, 0.2) is 0 Å². The molecular formula is C12H24N2O2. The summed E-state index contributed by atoms with van der Waals surface area (Å²) in [5.74, 6) is 0.758. The smallest absolute Gasteiger partial charge is 0.220 e. The van der Waals surface area contributed by atoms with Gasteiger partial charge >= 0.3 is 0 Å². The van der Waals surface area contributed by atoms with Crippen molar-refractivity contribution in [3.8, 4) is 0 Å². The van der Waals surface area contributed by atoms with Crippen molar-refractivity contribution in [3.63, 3.8) is 0 Å². The molecule has 1 atom stereocenters. The summed E-state index contributed by atoms with van der Waals surface area (Å²) in [6.07, 6.45) is 5.09. The van der Waals surface area contributed by atoms with Crippen LogP contribution in [0.25, 0.3) is 0 Å². The number of unbranched alkanes of at least 4 members (excludes halogenated alkanes) is 2. The zero-order valence-electron chi connectivity index (χ0n) is 10.3. The van der Waals surface area contributed by atoms with E-state index < -0.39 is 0 Å². The average molecular weight is 228 g/mol. The minimum atomic E-state index is 0.209. The van der Waals surface area contributed by atoms with Gasteiger partial charge in [-0.05, 0) is 44.7 Å². The Labute approximate surface area is 98.1 Å². The maximum atomic E-state index is 11.5. The Bertz CT molecular complexity index is 191. The van der Waals surface area contributed by atoms with Crippen molar-refractivity contribution in [2.45, 2.75) is 32.1 Å². The molecule has 1 rings (SSSR count). The van der Waals surface area contributed by atoms with Crippen molar-refractivity contribution >= 4 is 5.91 Å². The number of hydrogen-bond donors (Lipinski definition) is 2. The first kappa shape index (κ1) is 13.5. The van der Waals surface area contributed by atoms with Gasteiger partial charge in [-0.3, -0.25) is 4.79 Å². The molecule has 4 nitrogen and oxygen atoms in total. The summed E-state index contributed by atoms with van der Waals surface area (Å²) in [5, 5.41) is 6.25. The highest BCUT2D eigenvalue weighted by atomic mass is 16.5. The van der Waals surface area contributed by atoms with Crippen LogP contribution in [0.5, 0.6) is 0 Å². The van der Waals surface area contributed by atoms with Gasteiger partial charge in [-0.2, -0.15) is 0 Å². The molecule has 1 aliphatic rings. The average Bonchev–Trinajstić information content (AvgIpc) is 2.76. The van der Waals surface area contributed by atoms with E-state index in [1.54, 1.807) is 7.11 Å².